The smallest absolute Gasteiger partial charge is 0.214 e. The molecule has 1 unspecified atom stereocenters. The molecule has 0 aliphatic carbocycles. The van der Waals surface area contributed by atoms with Gasteiger partial charge in [-0.25, -0.2) is 12.7 Å². The van der Waals surface area contributed by atoms with Gasteiger partial charge in [0, 0.05) is 13.1 Å². The fourth-order valence-electron chi connectivity index (χ4n) is 1.77. The van der Waals surface area contributed by atoms with Gasteiger partial charge in [0.25, 0.3) is 0 Å². The van der Waals surface area contributed by atoms with Crippen LogP contribution in [0.2, 0.25) is 0 Å². The fraction of sp³-hybridized carbons (Fsp3) is 1.00. The lowest BCUT2D eigenvalue weighted by atomic mass is 9.90. The number of rotatable bonds is 4. The van der Waals surface area contributed by atoms with Gasteiger partial charge in [-0.2, -0.15) is 0 Å². The van der Waals surface area contributed by atoms with Crippen molar-refractivity contribution in [3.63, 3.8) is 0 Å². The van der Waals surface area contributed by atoms with Crippen molar-refractivity contribution in [1.82, 2.24) is 4.31 Å². The minimum absolute atomic E-state index is 0. The van der Waals surface area contributed by atoms with Gasteiger partial charge in [-0.1, -0.05) is 13.8 Å². The van der Waals surface area contributed by atoms with Crippen LogP contribution in [0.15, 0.2) is 0 Å². The highest BCUT2D eigenvalue weighted by Gasteiger charge is 2.37. The topological polar surface area (TPSA) is 63.4 Å². The third-order valence-corrected chi connectivity index (χ3v) is 4.89. The number of nitrogens with zero attached hydrogens (tertiary/aromatic N) is 1. The molecule has 0 radical (unpaired) electrons. The summed E-state index contributed by atoms with van der Waals surface area (Å²) < 4.78 is 25.0. The average molecular weight is 257 g/mol. The Bertz CT molecular complexity index is 294. The van der Waals surface area contributed by atoms with Crippen molar-refractivity contribution in [2.24, 2.45) is 11.1 Å². The Kier molecular flexibility index (Phi) is 5.54. The monoisotopic (exact) mass is 256 g/mol. The van der Waals surface area contributed by atoms with Crippen molar-refractivity contribution in [1.29, 1.82) is 0 Å². The van der Waals surface area contributed by atoms with E-state index in [-0.39, 0.29) is 23.6 Å². The van der Waals surface area contributed by atoms with Gasteiger partial charge >= 0.3 is 0 Å². The van der Waals surface area contributed by atoms with E-state index in [9.17, 15) is 8.42 Å². The Morgan fingerprint density at radius 1 is 1.47 bits per heavy atom. The minimum atomic E-state index is -3.01. The molecule has 1 heterocycles. The molecule has 1 aliphatic heterocycles. The summed E-state index contributed by atoms with van der Waals surface area (Å²) in [7, 11) is -3.01. The predicted molar refractivity (Wildman–Crippen MR) is 64.7 cm³/mol. The zero-order valence-electron chi connectivity index (χ0n) is 9.40. The maximum atomic E-state index is 11.7. The first-order valence-electron chi connectivity index (χ1n) is 5.11. The summed E-state index contributed by atoms with van der Waals surface area (Å²) in [5.41, 5.74) is 5.61. The first kappa shape index (κ1) is 15.2. The van der Waals surface area contributed by atoms with Crippen LogP contribution in [0.3, 0.4) is 0 Å². The molecule has 1 saturated heterocycles. The molecule has 0 spiro atoms. The van der Waals surface area contributed by atoms with E-state index in [1.165, 1.54) is 0 Å². The summed E-state index contributed by atoms with van der Waals surface area (Å²) in [5, 5.41) is 0. The fourth-order valence-corrected chi connectivity index (χ4v) is 3.42. The molecule has 0 aromatic rings. The molecule has 6 heteroatoms. The lowest BCUT2D eigenvalue weighted by Crippen LogP contribution is -2.35. The third kappa shape index (κ3) is 3.59. The van der Waals surface area contributed by atoms with Gasteiger partial charge in [-0.05, 0) is 24.8 Å². The van der Waals surface area contributed by atoms with E-state index in [2.05, 4.69) is 6.92 Å². The Morgan fingerprint density at radius 2 is 2.07 bits per heavy atom. The van der Waals surface area contributed by atoms with Gasteiger partial charge in [0.15, 0.2) is 0 Å². The summed E-state index contributed by atoms with van der Waals surface area (Å²) in [4.78, 5) is 0. The highest BCUT2D eigenvalue weighted by molar-refractivity contribution is 7.89. The van der Waals surface area contributed by atoms with Crippen LogP contribution >= 0.6 is 12.4 Å². The van der Waals surface area contributed by atoms with Gasteiger partial charge in [0.1, 0.15) is 0 Å². The molecule has 2 N–H and O–H groups in total. The van der Waals surface area contributed by atoms with Gasteiger partial charge in [-0.3, -0.25) is 0 Å². The Morgan fingerprint density at radius 3 is 2.47 bits per heavy atom. The van der Waals surface area contributed by atoms with Gasteiger partial charge in [0.2, 0.25) is 10.0 Å². The highest BCUT2D eigenvalue weighted by Crippen LogP contribution is 2.30. The molecule has 0 amide bonds. The van der Waals surface area contributed by atoms with Gasteiger partial charge in [0.05, 0.1) is 5.75 Å². The zero-order chi connectivity index (χ0) is 10.8. The van der Waals surface area contributed by atoms with Crippen LogP contribution in [0.5, 0.6) is 0 Å². The largest absolute Gasteiger partial charge is 0.330 e. The summed E-state index contributed by atoms with van der Waals surface area (Å²) in [6.45, 7) is 5.72. The number of hydrogen-bond donors (Lipinski definition) is 1. The first-order chi connectivity index (χ1) is 6.43. The minimum Gasteiger partial charge on any atom is -0.330 e. The quantitative estimate of drug-likeness (QED) is 0.810. The Balaban J connectivity index is 0.00000196. The van der Waals surface area contributed by atoms with E-state index >= 15 is 0 Å². The number of sulfonamides is 1. The Hall–Kier alpha value is 0.160. The van der Waals surface area contributed by atoms with Crippen molar-refractivity contribution in [2.45, 2.75) is 26.7 Å². The van der Waals surface area contributed by atoms with Crippen LogP contribution < -0.4 is 5.73 Å². The predicted octanol–water partition coefficient (Wildman–Crippen LogP) is 0.819. The van der Waals surface area contributed by atoms with E-state index in [0.29, 0.717) is 26.1 Å². The van der Waals surface area contributed by atoms with E-state index in [0.717, 1.165) is 6.42 Å². The second-order valence-corrected chi connectivity index (χ2v) is 6.50. The second-order valence-electron chi connectivity index (χ2n) is 4.41. The normalized spacial score (nSPS) is 27.7. The van der Waals surface area contributed by atoms with Crippen LogP contribution in [0, 0.1) is 5.41 Å². The van der Waals surface area contributed by atoms with Gasteiger partial charge in [-0.15, -0.1) is 12.4 Å². The van der Waals surface area contributed by atoms with Crippen LogP contribution in [0.1, 0.15) is 26.7 Å². The molecule has 15 heavy (non-hydrogen) atoms. The molecule has 0 aromatic carbocycles. The molecule has 1 aliphatic rings. The van der Waals surface area contributed by atoms with Crippen molar-refractivity contribution >= 4 is 22.4 Å². The van der Waals surface area contributed by atoms with Crippen molar-refractivity contribution < 1.29 is 8.42 Å². The van der Waals surface area contributed by atoms with E-state index < -0.39 is 10.0 Å². The SMILES string of the molecule is CCCS(=O)(=O)N1CCC(C)(CN)C1.Cl. The molecular weight excluding hydrogens is 236 g/mol. The lowest BCUT2D eigenvalue weighted by Gasteiger charge is -2.22. The van der Waals surface area contributed by atoms with E-state index in [1.54, 1.807) is 4.31 Å². The van der Waals surface area contributed by atoms with Crippen LogP contribution in [-0.2, 0) is 10.0 Å². The van der Waals surface area contributed by atoms with E-state index in [4.69, 9.17) is 5.73 Å². The molecule has 1 atom stereocenters. The van der Waals surface area contributed by atoms with E-state index in [1.807, 2.05) is 6.92 Å². The maximum Gasteiger partial charge on any atom is 0.214 e. The van der Waals surface area contributed by atoms with Crippen molar-refractivity contribution in [3.05, 3.63) is 0 Å². The van der Waals surface area contributed by atoms with Crippen molar-refractivity contribution in [3.8, 4) is 0 Å². The van der Waals surface area contributed by atoms with Gasteiger partial charge < -0.3 is 5.73 Å². The standard InChI is InChI=1S/C9H20N2O2S.ClH/c1-3-6-14(12,13)11-5-4-9(2,7-10)8-11;/h3-8,10H2,1-2H3;1H. The first-order valence-corrected chi connectivity index (χ1v) is 6.72. The molecular formula is C9H21ClN2O2S. The molecule has 0 bridgehead atoms. The molecule has 1 rings (SSSR count). The molecule has 0 aromatic heterocycles. The highest BCUT2D eigenvalue weighted by atomic mass is 35.5. The number of nitrogens with two attached hydrogens (primary N) is 1. The zero-order valence-corrected chi connectivity index (χ0v) is 11.0. The van der Waals surface area contributed by atoms with Crippen LogP contribution in [0.4, 0.5) is 0 Å². The number of halogens is 1. The molecule has 0 saturated carbocycles. The summed E-state index contributed by atoms with van der Waals surface area (Å²) >= 11 is 0. The Labute approximate surface area is 98.7 Å². The number of hydrogen-bond acceptors (Lipinski definition) is 3. The van der Waals surface area contributed by atoms with Crippen molar-refractivity contribution in [2.75, 3.05) is 25.4 Å². The van der Waals surface area contributed by atoms with Crippen LogP contribution in [-0.4, -0.2) is 38.1 Å². The summed E-state index contributed by atoms with van der Waals surface area (Å²) in [6.07, 6.45) is 1.56. The summed E-state index contributed by atoms with van der Waals surface area (Å²) in [6, 6.07) is 0. The molecule has 1 fully saturated rings. The van der Waals surface area contributed by atoms with Crippen LogP contribution in [0.25, 0.3) is 0 Å². The molecule has 4 nitrogen and oxygen atoms in total. The maximum absolute atomic E-state index is 11.7. The lowest BCUT2D eigenvalue weighted by molar-refractivity contribution is 0.349. The molecule has 92 valence electrons. The summed E-state index contributed by atoms with van der Waals surface area (Å²) in [5.74, 6) is 0.258. The second kappa shape index (κ2) is 5.48. The average Bonchev–Trinajstić information content (AvgIpc) is 2.50. The third-order valence-electron chi connectivity index (χ3n) is 2.87.